The predicted octanol–water partition coefficient (Wildman–Crippen LogP) is 2.58. The third-order valence-corrected chi connectivity index (χ3v) is 3.98. The van der Waals surface area contributed by atoms with Gasteiger partial charge in [0.2, 0.25) is 0 Å². The number of hydrogen-bond acceptors (Lipinski definition) is 3. The molecule has 2 unspecified atom stereocenters. The number of benzene rings is 1. The molecule has 0 aromatic heterocycles. The van der Waals surface area contributed by atoms with Gasteiger partial charge in [-0.2, -0.15) is 0 Å². The van der Waals surface area contributed by atoms with Crippen molar-refractivity contribution in [3.63, 3.8) is 0 Å². The van der Waals surface area contributed by atoms with Gasteiger partial charge in [-0.15, -0.1) is 0 Å². The second-order valence-corrected chi connectivity index (χ2v) is 6.00. The third kappa shape index (κ3) is 4.74. The topological polar surface area (TPSA) is 24.5 Å². The molecule has 0 radical (unpaired) electrons. The maximum absolute atomic E-state index is 6.08. The summed E-state index contributed by atoms with van der Waals surface area (Å²) in [6.07, 6.45) is 2.34. The SMILES string of the molecule is CCCNC(Cc1cccc(Cl)c1)C1CN(C)CCO1. The molecule has 0 bridgehead atoms. The molecule has 0 spiro atoms. The molecular weight excluding hydrogens is 272 g/mol. The number of morpholine rings is 1. The summed E-state index contributed by atoms with van der Waals surface area (Å²) in [4.78, 5) is 2.34. The lowest BCUT2D eigenvalue weighted by atomic mass is 10.00. The fraction of sp³-hybridized carbons (Fsp3) is 0.625. The van der Waals surface area contributed by atoms with Gasteiger partial charge in [-0.25, -0.2) is 0 Å². The molecule has 3 nitrogen and oxygen atoms in total. The summed E-state index contributed by atoms with van der Waals surface area (Å²) in [5, 5.41) is 4.44. The molecule has 0 aliphatic carbocycles. The first-order valence-electron chi connectivity index (χ1n) is 7.47. The van der Waals surface area contributed by atoms with E-state index in [-0.39, 0.29) is 6.10 Å². The molecule has 0 saturated carbocycles. The first-order chi connectivity index (χ1) is 9.69. The average molecular weight is 297 g/mol. The Morgan fingerprint density at radius 1 is 1.50 bits per heavy atom. The number of ether oxygens (including phenoxy) is 1. The van der Waals surface area contributed by atoms with Crippen LogP contribution in [0.2, 0.25) is 5.02 Å². The Morgan fingerprint density at radius 3 is 3.05 bits per heavy atom. The number of likely N-dealkylation sites (N-methyl/N-ethyl adjacent to an activating group) is 1. The minimum Gasteiger partial charge on any atom is -0.374 e. The van der Waals surface area contributed by atoms with Crippen molar-refractivity contribution in [2.75, 3.05) is 33.3 Å². The van der Waals surface area contributed by atoms with E-state index in [0.29, 0.717) is 6.04 Å². The van der Waals surface area contributed by atoms with E-state index in [4.69, 9.17) is 16.3 Å². The van der Waals surface area contributed by atoms with Gasteiger partial charge in [0.25, 0.3) is 0 Å². The lowest BCUT2D eigenvalue weighted by Crippen LogP contribution is -2.52. The van der Waals surface area contributed by atoms with Crippen LogP contribution in [0.1, 0.15) is 18.9 Å². The molecule has 4 heteroatoms. The van der Waals surface area contributed by atoms with Crippen LogP contribution in [-0.4, -0.2) is 50.3 Å². The molecule has 2 atom stereocenters. The molecule has 1 N–H and O–H groups in total. The summed E-state index contributed by atoms with van der Waals surface area (Å²) >= 11 is 6.08. The zero-order valence-electron chi connectivity index (χ0n) is 12.4. The van der Waals surface area contributed by atoms with Crippen LogP contribution in [0, 0.1) is 0 Å². The van der Waals surface area contributed by atoms with Crippen molar-refractivity contribution in [2.24, 2.45) is 0 Å². The molecule has 1 heterocycles. The Labute approximate surface area is 127 Å². The monoisotopic (exact) mass is 296 g/mol. The van der Waals surface area contributed by atoms with Crippen molar-refractivity contribution in [1.29, 1.82) is 0 Å². The van der Waals surface area contributed by atoms with Gasteiger partial charge >= 0.3 is 0 Å². The minimum atomic E-state index is 0.249. The highest BCUT2D eigenvalue weighted by Gasteiger charge is 2.26. The van der Waals surface area contributed by atoms with Gasteiger partial charge in [0.1, 0.15) is 0 Å². The fourth-order valence-corrected chi connectivity index (χ4v) is 2.85. The van der Waals surface area contributed by atoms with Crippen LogP contribution in [0.5, 0.6) is 0 Å². The number of halogens is 1. The van der Waals surface area contributed by atoms with Crippen LogP contribution in [-0.2, 0) is 11.2 Å². The van der Waals surface area contributed by atoms with Crippen molar-refractivity contribution in [1.82, 2.24) is 10.2 Å². The van der Waals surface area contributed by atoms with Gasteiger partial charge < -0.3 is 15.0 Å². The summed E-state index contributed by atoms with van der Waals surface area (Å²) in [5.41, 5.74) is 1.27. The molecule has 1 aliphatic rings. The van der Waals surface area contributed by atoms with Crippen molar-refractivity contribution in [2.45, 2.75) is 31.9 Å². The minimum absolute atomic E-state index is 0.249. The Kier molecular flexibility index (Phi) is 6.30. The molecule has 1 saturated heterocycles. The Balaban J connectivity index is 2.02. The van der Waals surface area contributed by atoms with E-state index in [1.165, 1.54) is 5.56 Å². The Morgan fingerprint density at radius 2 is 2.35 bits per heavy atom. The van der Waals surface area contributed by atoms with Gasteiger partial charge in [-0.05, 0) is 44.1 Å². The quantitative estimate of drug-likeness (QED) is 0.873. The van der Waals surface area contributed by atoms with E-state index in [0.717, 1.165) is 44.1 Å². The highest BCUT2D eigenvalue weighted by molar-refractivity contribution is 6.30. The largest absolute Gasteiger partial charge is 0.374 e. The van der Waals surface area contributed by atoms with Crippen LogP contribution < -0.4 is 5.32 Å². The molecular formula is C16H25ClN2O. The molecule has 1 fully saturated rings. The maximum atomic E-state index is 6.08. The van der Waals surface area contributed by atoms with E-state index in [9.17, 15) is 0 Å². The summed E-state index contributed by atoms with van der Waals surface area (Å²) in [5.74, 6) is 0. The summed E-state index contributed by atoms with van der Waals surface area (Å²) in [7, 11) is 2.16. The lowest BCUT2D eigenvalue weighted by molar-refractivity contribution is -0.0383. The van der Waals surface area contributed by atoms with Gasteiger partial charge in [0, 0.05) is 24.2 Å². The summed E-state index contributed by atoms with van der Waals surface area (Å²) < 4.78 is 5.97. The smallest absolute Gasteiger partial charge is 0.0858 e. The van der Waals surface area contributed by atoms with Gasteiger partial charge in [-0.3, -0.25) is 0 Å². The van der Waals surface area contributed by atoms with Crippen molar-refractivity contribution in [3.05, 3.63) is 34.9 Å². The zero-order chi connectivity index (χ0) is 14.4. The number of nitrogens with one attached hydrogen (secondary N) is 1. The van der Waals surface area contributed by atoms with Crippen LogP contribution in [0.15, 0.2) is 24.3 Å². The Hall–Kier alpha value is -0.610. The summed E-state index contributed by atoms with van der Waals surface area (Å²) in [6.45, 7) is 6.04. The standard InChI is InChI=1S/C16H25ClN2O/c1-3-7-18-15(16-12-19(2)8-9-20-16)11-13-5-4-6-14(17)10-13/h4-6,10,15-16,18H,3,7-9,11-12H2,1-2H3. The zero-order valence-corrected chi connectivity index (χ0v) is 13.2. The number of rotatable bonds is 6. The number of hydrogen-bond donors (Lipinski definition) is 1. The van der Waals surface area contributed by atoms with E-state index in [2.05, 4.69) is 36.3 Å². The first kappa shape index (κ1) is 15.8. The van der Waals surface area contributed by atoms with Crippen LogP contribution >= 0.6 is 11.6 Å². The summed E-state index contributed by atoms with van der Waals surface area (Å²) in [6, 6.07) is 8.47. The van der Waals surface area contributed by atoms with Crippen LogP contribution in [0.25, 0.3) is 0 Å². The molecule has 2 rings (SSSR count). The van der Waals surface area contributed by atoms with E-state index in [1.54, 1.807) is 0 Å². The van der Waals surface area contributed by atoms with E-state index in [1.807, 2.05) is 12.1 Å². The molecule has 1 aromatic carbocycles. The van der Waals surface area contributed by atoms with Gasteiger partial charge in [0.05, 0.1) is 12.7 Å². The molecule has 1 aliphatic heterocycles. The fourth-order valence-electron chi connectivity index (χ4n) is 2.64. The van der Waals surface area contributed by atoms with Crippen LogP contribution in [0.3, 0.4) is 0 Å². The van der Waals surface area contributed by atoms with Crippen molar-refractivity contribution in [3.8, 4) is 0 Å². The second-order valence-electron chi connectivity index (χ2n) is 5.57. The normalized spacial score (nSPS) is 21.9. The number of nitrogens with zero attached hydrogens (tertiary/aromatic N) is 1. The average Bonchev–Trinajstić information content (AvgIpc) is 2.43. The maximum Gasteiger partial charge on any atom is 0.0858 e. The van der Waals surface area contributed by atoms with Gasteiger partial charge in [0.15, 0.2) is 0 Å². The molecule has 0 amide bonds. The van der Waals surface area contributed by atoms with Crippen molar-refractivity contribution >= 4 is 11.6 Å². The van der Waals surface area contributed by atoms with E-state index >= 15 is 0 Å². The second kappa shape index (κ2) is 7.99. The van der Waals surface area contributed by atoms with Crippen LogP contribution in [0.4, 0.5) is 0 Å². The molecule has 112 valence electrons. The first-order valence-corrected chi connectivity index (χ1v) is 7.85. The lowest BCUT2D eigenvalue weighted by Gasteiger charge is -2.35. The van der Waals surface area contributed by atoms with Crippen molar-refractivity contribution < 1.29 is 4.74 Å². The highest BCUT2D eigenvalue weighted by atomic mass is 35.5. The predicted molar refractivity (Wildman–Crippen MR) is 84.5 cm³/mol. The van der Waals surface area contributed by atoms with Gasteiger partial charge in [-0.1, -0.05) is 30.7 Å². The third-order valence-electron chi connectivity index (χ3n) is 3.75. The highest BCUT2D eigenvalue weighted by Crippen LogP contribution is 2.16. The van der Waals surface area contributed by atoms with E-state index < -0.39 is 0 Å². The Bertz CT molecular complexity index is 413. The molecule has 20 heavy (non-hydrogen) atoms. The molecule has 1 aromatic rings.